The summed E-state index contributed by atoms with van der Waals surface area (Å²) in [6, 6.07) is 13.2. The zero-order valence-electron chi connectivity index (χ0n) is 11.7. The Morgan fingerprint density at radius 3 is 2.48 bits per heavy atom. The van der Waals surface area contributed by atoms with Gasteiger partial charge in [-0.2, -0.15) is 0 Å². The van der Waals surface area contributed by atoms with Crippen LogP contribution in [0.3, 0.4) is 0 Å². The minimum atomic E-state index is -1.73. The zero-order chi connectivity index (χ0) is 16.9. The summed E-state index contributed by atoms with van der Waals surface area (Å²) in [5, 5.41) is 1.94. The SMILES string of the molecule is O=C(Cc1cccc2ccccc12)ONC(=O)OCC(Cl)(Cl)Cl. The second-order valence-electron chi connectivity index (χ2n) is 4.58. The van der Waals surface area contributed by atoms with Crippen LogP contribution >= 0.6 is 34.8 Å². The molecule has 0 aliphatic heterocycles. The van der Waals surface area contributed by atoms with Crippen LogP contribution in [0.2, 0.25) is 0 Å². The van der Waals surface area contributed by atoms with E-state index in [2.05, 4.69) is 9.57 Å². The van der Waals surface area contributed by atoms with Crippen molar-refractivity contribution in [3.8, 4) is 0 Å². The Hall–Kier alpha value is -1.69. The number of carbonyl (C=O) groups is 2. The second-order valence-corrected chi connectivity index (χ2v) is 7.10. The third-order valence-corrected chi connectivity index (χ3v) is 3.16. The van der Waals surface area contributed by atoms with Crippen LogP contribution in [0, 0.1) is 0 Å². The van der Waals surface area contributed by atoms with Gasteiger partial charge < -0.3 is 9.57 Å². The summed E-state index contributed by atoms with van der Waals surface area (Å²) >= 11 is 16.3. The van der Waals surface area contributed by atoms with Crippen molar-refractivity contribution in [2.24, 2.45) is 0 Å². The maximum Gasteiger partial charge on any atom is 0.440 e. The second kappa shape index (κ2) is 7.73. The van der Waals surface area contributed by atoms with Gasteiger partial charge in [0, 0.05) is 0 Å². The summed E-state index contributed by atoms with van der Waals surface area (Å²) in [7, 11) is 0. The highest BCUT2D eigenvalue weighted by Gasteiger charge is 2.22. The van der Waals surface area contributed by atoms with Crippen LogP contribution < -0.4 is 5.48 Å². The van der Waals surface area contributed by atoms with Gasteiger partial charge in [0.1, 0.15) is 6.61 Å². The normalized spacial score (nSPS) is 11.1. The van der Waals surface area contributed by atoms with E-state index in [4.69, 9.17) is 34.8 Å². The summed E-state index contributed by atoms with van der Waals surface area (Å²) in [4.78, 5) is 27.7. The molecule has 0 aliphatic carbocycles. The fourth-order valence-electron chi connectivity index (χ4n) is 1.91. The molecule has 0 bridgehead atoms. The number of hydrogen-bond donors (Lipinski definition) is 1. The molecule has 0 unspecified atom stereocenters. The van der Waals surface area contributed by atoms with Gasteiger partial charge in [0.2, 0.25) is 3.79 Å². The quantitative estimate of drug-likeness (QED) is 0.651. The summed E-state index contributed by atoms with van der Waals surface area (Å²) in [5.74, 6) is -0.646. The Balaban J connectivity index is 1.88. The molecular weight excluding hydrogens is 365 g/mol. The number of fused-ring (bicyclic) bond motifs is 1. The monoisotopic (exact) mass is 375 g/mol. The molecule has 0 saturated heterocycles. The number of amides is 1. The van der Waals surface area contributed by atoms with E-state index in [0.29, 0.717) is 0 Å². The number of benzene rings is 2. The van der Waals surface area contributed by atoms with Gasteiger partial charge in [-0.3, -0.25) is 0 Å². The van der Waals surface area contributed by atoms with Gasteiger partial charge in [-0.05, 0) is 16.3 Å². The minimum absolute atomic E-state index is 0.00785. The van der Waals surface area contributed by atoms with Crippen molar-refractivity contribution >= 4 is 57.6 Å². The predicted octanol–water partition coefficient (Wildman–Crippen LogP) is 3.94. The summed E-state index contributed by atoms with van der Waals surface area (Å²) in [6.07, 6.45) is -1.03. The van der Waals surface area contributed by atoms with Gasteiger partial charge >= 0.3 is 12.1 Å². The average Bonchev–Trinajstić information content (AvgIpc) is 2.50. The Labute approximate surface area is 147 Å². The van der Waals surface area contributed by atoms with E-state index in [1.807, 2.05) is 47.9 Å². The Bertz CT molecular complexity index is 710. The average molecular weight is 377 g/mol. The molecule has 2 aromatic carbocycles. The highest BCUT2D eigenvalue weighted by atomic mass is 35.6. The van der Waals surface area contributed by atoms with Crippen LogP contribution in [0.1, 0.15) is 5.56 Å². The number of carbonyl (C=O) groups excluding carboxylic acids is 2. The molecule has 0 aliphatic rings. The first-order valence-corrected chi connectivity index (χ1v) is 7.64. The largest absolute Gasteiger partial charge is 0.443 e. The highest BCUT2D eigenvalue weighted by Crippen LogP contribution is 2.25. The molecule has 0 spiro atoms. The first kappa shape index (κ1) is 17.7. The number of ether oxygens (including phenoxy) is 1. The zero-order valence-corrected chi connectivity index (χ0v) is 14.0. The molecule has 8 heteroatoms. The third kappa shape index (κ3) is 5.78. The van der Waals surface area contributed by atoms with E-state index in [9.17, 15) is 9.59 Å². The lowest BCUT2D eigenvalue weighted by Crippen LogP contribution is -2.30. The van der Waals surface area contributed by atoms with Crippen LogP contribution in [0.5, 0.6) is 0 Å². The topological polar surface area (TPSA) is 64.6 Å². The molecule has 0 saturated carbocycles. The lowest BCUT2D eigenvalue weighted by atomic mass is 10.0. The maximum absolute atomic E-state index is 11.8. The molecule has 1 N–H and O–H groups in total. The Kier molecular flexibility index (Phi) is 5.93. The Morgan fingerprint density at radius 1 is 1.04 bits per heavy atom. The number of nitrogens with one attached hydrogen (secondary N) is 1. The summed E-state index contributed by atoms with van der Waals surface area (Å²) in [6.45, 7) is -0.468. The first-order valence-electron chi connectivity index (χ1n) is 6.51. The van der Waals surface area contributed by atoms with Gasteiger partial charge in [-0.25, -0.2) is 9.59 Å². The minimum Gasteiger partial charge on any atom is -0.443 e. The molecule has 0 radical (unpaired) electrons. The van der Waals surface area contributed by atoms with E-state index >= 15 is 0 Å². The van der Waals surface area contributed by atoms with Crippen LogP contribution in [0.25, 0.3) is 10.8 Å². The molecule has 23 heavy (non-hydrogen) atoms. The smallest absolute Gasteiger partial charge is 0.440 e. The first-order chi connectivity index (χ1) is 10.8. The van der Waals surface area contributed by atoms with Gasteiger partial charge in [0.25, 0.3) is 0 Å². The summed E-state index contributed by atoms with van der Waals surface area (Å²) < 4.78 is 2.82. The van der Waals surface area contributed by atoms with Crippen molar-refractivity contribution in [1.29, 1.82) is 0 Å². The van der Waals surface area contributed by atoms with Crippen molar-refractivity contribution in [2.75, 3.05) is 6.61 Å². The van der Waals surface area contributed by atoms with Crippen molar-refractivity contribution < 1.29 is 19.2 Å². The van der Waals surface area contributed by atoms with E-state index in [1.165, 1.54) is 0 Å². The number of halogens is 3. The van der Waals surface area contributed by atoms with Crippen molar-refractivity contribution in [3.63, 3.8) is 0 Å². The molecular formula is C15H12Cl3NO4. The lowest BCUT2D eigenvalue weighted by molar-refractivity contribution is -0.148. The fourth-order valence-corrected chi connectivity index (χ4v) is 2.08. The predicted molar refractivity (Wildman–Crippen MR) is 88.5 cm³/mol. The molecule has 0 heterocycles. The number of rotatable bonds is 3. The fraction of sp³-hybridized carbons (Fsp3) is 0.200. The molecule has 0 atom stereocenters. The highest BCUT2D eigenvalue weighted by molar-refractivity contribution is 6.67. The van der Waals surface area contributed by atoms with E-state index in [1.54, 1.807) is 0 Å². The third-order valence-electron chi connectivity index (χ3n) is 2.83. The lowest BCUT2D eigenvalue weighted by Gasteiger charge is -2.12. The number of hydrogen-bond acceptors (Lipinski definition) is 4. The van der Waals surface area contributed by atoms with Crippen LogP contribution in [-0.4, -0.2) is 22.5 Å². The molecule has 5 nitrogen and oxygen atoms in total. The molecule has 2 aromatic rings. The molecule has 0 fully saturated rings. The van der Waals surface area contributed by atoms with E-state index < -0.39 is 22.5 Å². The number of alkyl halides is 3. The van der Waals surface area contributed by atoms with Gasteiger partial charge in [0.15, 0.2) is 0 Å². The summed E-state index contributed by atoms with van der Waals surface area (Å²) in [5.41, 5.74) is 2.62. The molecule has 1 amide bonds. The van der Waals surface area contributed by atoms with Crippen LogP contribution in [-0.2, 0) is 20.8 Å². The van der Waals surface area contributed by atoms with Gasteiger partial charge in [0.05, 0.1) is 6.42 Å². The van der Waals surface area contributed by atoms with Gasteiger partial charge in [-0.1, -0.05) is 77.3 Å². The Morgan fingerprint density at radius 2 is 1.74 bits per heavy atom. The van der Waals surface area contributed by atoms with Crippen molar-refractivity contribution in [2.45, 2.75) is 10.2 Å². The van der Waals surface area contributed by atoms with Crippen molar-refractivity contribution in [3.05, 3.63) is 48.0 Å². The molecule has 2 rings (SSSR count). The van der Waals surface area contributed by atoms with Crippen molar-refractivity contribution in [1.82, 2.24) is 5.48 Å². The standard InChI is InChI=1S/C15H12Cl3NO4/c16-15(17,18)9-22-14(21)19-23-13(20)8-11-6-3-5-10-4-1-2-7-12(10)11/h1-7H,8-9H2,(H,19,21). The number of hydroxylamine groups is 1. The molecule has 122 valence electrons. The van der Waals surface area contributed by atoms with E-state index in [-0.39, 0.29) is 6.42 Å². The molecule has 0 aromatic heterocycles. The van der Waals surface area contributed by atoms with Gasteiger partial charge in [-0.15, -0.1) is 5.48 Å². The van der Waals surface area contributed by atoms with Crippen LogP contribution in [0.15, 0.2) is 42.5 Å². The van der Waals surface area contributed by atoms with E-state index in [0.717, 1.165) is 16.3 Å². The van der Waals surface area contributed by atoms with Crippen LogP contribution in [0.4, 0.5) is 4.79 Å². The maximum atomic E-state index is 11.8.